The first-order chi connectivity index (χ1) is 9.90. The summed E-state index contributed by atoms with van der Waals surface area (Å²) in [5, 5.41) is 9.01. The molecule has 0 bridgehead atoms. The van der Waals surface area contributed by atoms with Crippen LogP contribution in [0.3, 0.4) is 0 Å². The van der Waals surface area contributed by atoms with Crippen LogP contribution in [0.25, 0.3) is 0 Å². The SMILES string of the molecule is CC[C@@H]1CN(S(=O)(=O)c2cccc(F)c2C#N)C[C@@H](C)O1. The minimum atomic E-state index is -3.91. The van der Waals surface area contributed by atoms with Crippen molar-refractivity contribution in [2.75, 3.05) is 13.1 Å². The highest BCUT2D eigenvalue weighted by Crippen LogP contribution is 2.25. The molecule has 0 unspecified atom stereocenters. The maximum absolute atomic E-state index is 13.6. The van der Waals surface area contributed by atoms with Crippen molar-refractivity contribution >= 4 is 10.0 Å². The van der Waals surface area contributed by atoms with Crippen LogP contribution in [0, 0.1) is 17.1 Å². The van der Waals surface area contributed by atoms with Crippen LogP contribution in [0.5, 0.6) is 0 Å². The van der Waals surface area contributed by atoms with Gasteiger partial charge in [-0.1, -0.05) is 13.0 Å². The third-order valence-corrected chi connectivity index (χ3v) is 5.33. The molecule has 0 radical (unpaired) electrons. The van der Waals surface area contributed by atoms with Gasteiger partial charge in [0.25, 0.3) is 0 Å². The van der Waals surface area contributed by atoms with Crippen molar-refractivity contribution in [3.05, 3.63) is 29.6 Å². The van der Waals surface area contributed by atoms with E-state index in [1.807, 2.05) is 6.92 Å². The lowest BCUT2D eigenvalue weighted by molar-refractivity contribution is -0.0548. The summed E-state index contributed by atoms with van der Waals surface area (Å²) in [5.41, 5.74) is -0.440. The molecule has 1 saturated heterocycles. The summed E-state index contributed by atoms with van der Waals surface area (Å²) in [5.74, 6) is -0.827. The van der Waals surface area contributed by atoms with Crippen LogP contribution in [-0.4, -0.2) is 38.0 Å². The van der Waals surface area contributed by atoms with Crippen molar-refractivity contribution in [3.63, 3.8) is 0 Å². The molecule has 0 N–H and O–H groups in total. The second-order valence-electron chi connectivity index (χ2n) is 5.02. The molecule has 1 heterocycles. The third kappa shape index (κ3) is 3.07. The lowest BCUT2D eigenvalue weighted by Gasteiger charge is -2.35. The van der Waals surface area contributed by atoms with E-state index in [-0.39, 0.29) is 30.2 Å². The molecule has 0 aliphatic carbocycles. The largest absolute Gasteiger partial charge is 0.373 e. The second-order valence-corrected chi connectivity index (χ2v) is 6.93. The Morgan fingerprint density at radius 3 is 2.81 bits per heavy atom. The minimum Gasteiger partial charge on any atom is -0.373 e. The van der Waals surface area contributed by atoms with Crippen molar-refractivity contribution in [1.82, 2.24) is 4.31 Å². The molecule has 1 aliphatic heterocycles. The van der Waals surface area contributed by atoms with Gasteiger partial charge < -0.3 is 4.74 Å². The number of rotatable bonds is 3. The Hall–Kier alpha value is -1.49. The summed E-state index contributed by atoms with van der Waals surface area (Å²) in [7, 11) is -3.91. The summed E-state index contributed by atoms with van der Waals surface area (Å²) in [4.78, 5) is -0.283. The number of nitrogens with zero attached hydrogens (tertiary/aromatic N) is 2. The summed E-state index contributed by atoms with van der Waals surface area (Å²) in [6.07, 6.45) is 0.255. The van der Waals surface area contributed by atoms with Gasteiger partial charge in [-0.2, -0.15) is 9.57 Å². The molecule has 5 nitrogen and oxygen atoms in total. The molecule has 1 fully saturated rings. The first kappa shape index (κ1) is 15.9. The Labute approximate surface area is 124 Å². The molecule has 21 heavy (non-hydrogen) atoms. The van der Waals surface area contributed by atoms with Gasteiger partial charge in [-0.15, -0.1) is 0 Å². The highest BCUT2D eigenvalue weighted by atomic mass is 32.2. The smallest absolute Gasteiger partial charge is 0.244 e. The molecular formula is C14H17FN2O3S. The van der Waals surface area contributed by atoms with E-state index in [9.17, 15) is 12.8 Å². The zero-order valence-electron chi connectivity index (χ0n) is 11.9. The monoisotopic (exact) mass is 312 g/mol. The van der Waals surface area contributed by atoms with Gasteiger partial charge in [-0.05, 0) is 25.5 Å². The molecule has 1 aliphatic rings. The third-order valence-electron chi connectivity index (χ3n) is 3.45. The van der Waals surface area contributed by atoms with Crippen molar-refractivity contribution in [3.8, 4) is 6.07 Å². The molecule has 2 rings (SSSR count). The molecule has 1 aromatic carbocycles. The molecule has 114 valence electrons. The summed E-state index contributed by atoms with van der Waals surface area (Å²) >= 11 is 0. The molecule has 0 spiro atoms. The van der Waals surface area contributed by atoms with Crippen LogP contribution < -0.4 is 0 Å². The number of halogens is 1. The number of morpholine rings is 1. The van der Waals surface area contributed by atoms with Crippen molar-refractivity contribution in [2.45, 2.75) is 37.4 Å². The van der Waals surface area contributed by atoms with Gasteiger partial charge in [-0.25, -0.2) is 12.8 Å². The normalized spacial score (nSPS) is 23.7. The second kappa shape index (κ2) is 6.10. The van der Waals surface area contributed by atoms with Crippen LogP contribution in [0.2, 0.25) is 0 Å². The fourth-order valence-electron chi connectivity index (χ4n) is 2.39. The fourth-order valence-corrected chi connectivity index (χ4v) is 4.09. The standard InChI is InChI=1S/C14H17FN2O3S/c1-3-11-9-17(8-10(2)20-11)21(18,19)14-6-4-5-13(15)12(14)7-16/h4-6,10-11H,3,8-9H2,1-2H3/t10-,11-/m1/s1. The molecular weight excluding hydrogens is 295 g/mol. The van der Waals surface area contributed by atoms with Crippen molar-refractivity contribution < 1.29 is 17.5 Å². The van der Waals surface area contributed by atoms with E-state index in [2.05, 4.69) is 0 Å². The number of ether oxygens (including phenoxy) is 1. The number of nitriles is 1. The maximum Gasteiger partial charge on any atom is 0.244 e. The average Bonchev–Trinajstić information content (AvgIpc) is 2.46. The van der Waals surface area contributed by atoms with E-state index in [1.54, 1.807) is 13.0 Å². The Bertz CT molecular complexity index is 669. The van der Waals surface area contributed by atoms with E-state index in [4.69, 9.17) is 10.00 Å². The maximum atomic E-state index is 13.6. The Balaban J connectivity index is 2.43. The number of hydrogen-bond donors (Lipinski definition) is 0. The van der Waals surface area contributed by atoms with E-state index in [0.29, 0.717) is 6.42 Å². The van der Waals surface area contributed by atoms with Gasteiger partial charge in [0.1, 0.15) is 22.3 Å². The summed E-state index contributed by atoms with van der Waals surface area (Å²) in [6.45, 7) is 4.11. The van der Waals surface area contributed by atoms with Gasteiger partial charge in [0.05, 0.1) is 12.2 Å². The van der Waals surface area contributed by atoms with Crippen LogP contribution in [-0.2, 0) is 14.8 Å². The molecule has 2 atom stereocenters. The topological polar surface area (TPSA) is 70.4 Å². The molecule has 0 saturated carbocycles. The molecule has 1 aromatic rings. The molecule has 0 aromatic heterocycles. The predicted molar refractivity (Wildman–Crippen MR) is 74.5 cm³/mol. The lowest BCUT2D eigenvalue weighted by Crippen LogP contribution is -2.49. The Morgan fingerprint density at radius 2 is 2.19 bits per heavy atom. The summed E-state index contributed by atoms with van der Waals surface area (Å²) < 4.78 is 45.9. The first-order valence-corrected chi connectivity index (χ1v) is 8.18. The van der Waals surface area contributed by atoms with Crippen LogP contribution in [0.1, 0.15) is 25.8 Å². The number of benzene rings is 1. The quantitative estimate of drug-likeness (QED) is 0.854. The molecule has 0 amide bonds. The van der Waals surface area contributed by atoms with Crippen LogP contribution >= 0.6 is 0 Å². The zero-order valence-corrected chi connectivity index (χ0v) is 12.7. The van der Waals surface area contributed by atoms with Crippen LogP contribution in [0.4, 0.5) is 4.39 Å². The number of sulfonamides is 1. The van der Waals surface area contributed by atoms with E-state index < -0.39 is 21.4 Å². The van der Waals surface area contributed by atoms with E-state index in [0.717, 1.165) is 6.07 Å². The van der Waals surface area contributed by atoms with Gasteiger partial charge in [-0.3, -0.25) is 0 Å². The zero-order chi connectivity index (χ0) is 15.6. The first-order valence-electron chi connectivity index (χ1n) is 6.74. The van der Waals surface area contributed by atoms with Gasteiger partial charge in [0.2, 0.25) is 10.0 Å². The fraction of sp³-hybridized carbons (Fsp3) is 0.500. The van der Waals surface area contributed by atoms with E-state index in [1.165, 1.54) is 16.4 Å². The summed E-state index contributed by atoms with van der Waals surface area (Å²) in [6, 6.07) is 5.27. The predicted octanol–water partition coefficient (Wildman–Crippen LogP) is 1.89. The van der Waals surface area contributed by atoms with Crippen molar-refractivity contribution in [1.29, 1.82) is 5.26 Å². The minimum absolute atomic E-state index is 0.192. The Kier molecular flexibility index (Phi) is 4.61. The van der Waals surface area contributed by atoms with Crippen molar-refractivity contribution in [2.24, 2.45) is 0 Å². The van der Waals surface area contributed by atoms with Gasteiger partial charge in [0.15, 0.2) is 0 Å². The van der Waals surface area contributed by atoms with Gasteiger partial charge >= 0.3 is 0 Å². The number of hydrogen-bond acceptors (Lipinski definition) is 4. The van der Waals surface area contributed by atoms with Crippen LogP contribution in [0.15, 0.2) is 23.1 Å². The van der Waals surface area contributed by atoms with E-state index >= 15 is 0 Å². The highest BCUT2D eigenvalue weighted by Gasteiger charge is 2.35. The average molecular weight is 312 g/mol. The van der Waals surface area contributed by atoms with Gasteiger partial charge in [0, 0.05) is 13.1 Å². The molecule has 7 heteroatoms. The Morgan fingerprint density at radius 1 is 1.48 bits per heavy atom. The highest BCUT2D eigenvalue weighted by molar-refractivity contribution is 7.89. The lowest BCUT2D eigenvalue weighted by atomic mass is 10.2.